The van der Waals surface area contributed by atoms with Crippen LogP contribution in [0.25, 0.3) is 38.6 Å². The molecule has 0 saturated heterocycles. The van der Waals surface area contributed by atoms with Crippen molar-refractivity contribution in [2.24, 2.45) is 5.73 Å². The molecule has 3 aromatic carbocycles. The van der Waals surface area contributed by atoms with Gasteiger partial charge < -0.3 is 20.2 Å². The highest BCUT2D eigenvalue weighted by molar-refractivity contribution is 6.03. The van der Waals surface area contributed by atoms with Crippen molar-refractivity contribution in [3.8, 4) is 22.6 Å². The first-order chi connectivity index (χ1) is 18.3. The number of carbonyl (C=O) groups is 1. The molecule has 0 spiro atoms. The average Bonchev–Trinajstić information content (AvgIpc) is 3.20. The molecule has 0 saturated carbocycles. The number of hydrogen-bond acceptors (Lipinski definition) is 5. The zero-order valence-electron chi connectivity index (χ0n) is 21.9. The number of aromatic amines is 1. The van der Waals surface area contributed by atoms with Gasteiger partial charge in [-0.15, -0.1) is 0 Å². The Labute approximate surface area is 220 Å². The number of nitrogens with one attached hydrogen (secondary N) is 1. The SMILES string of the molecule is COCCOc1cc(-c2cccc(-n3cnc4ccccc4c3=O)c2C)c2c(C)c(C)[nH]c2c1CC(N)=O. The number of aryl methyl sites for hydroxylation is 2. The number of hydrogen-bond donors (Lipinski definition) is 2. The molecule has 3 N–H and O–H groups in total. The first kappa shape index (κ1) is 25.2. The molecule has 0 unspecified atom stereocenters. The van der Waals surface area contributed by atoms with Crippen LogP contribution in [0, 0.1) is 20.8 Å². The molecule has 2 heterocycles. The van der Waals surface area contributed by atoms with Gasteiger partial charge in [-0.25, -0.2) is 4.98 Å². The molecule has 0 aliphatic carbocycles. The molecule has 1 amide bonds. The van der Waals surface area contributed by atoms with E-state index in [9.17, 15) is 9.59 Å². The Morgan fingerprint density at radius 3 is 2.58 bits per heavy atom. The van der Waals surface area contributed by atoms with Crippen LogP contribution in [0.4, 0.5) is 0 Å². The molecule has 0 bridgehead atoms. The Morgan fingerprint density at radius 1 is 1.03 bits per heavy atom. The fourth-order valence-electron chi connectivity index (χ4n) is 5.04. The third kappa shape index (κ3) is 4.33. The van der Waals surface area contributed by atoms with Crippen molar-refractivity contribution >= 4 is 27.7 Å². The van der Waals surface area contributed by atoms with Crippen LogP contribution in [0.1, 0.15) is 22.4 Å². The lowest BCUT2D eigenvalue weighted by Gasteiger charge is -2.18. The lowest BCUT2D eigenvalue weighted by atomic mass is 9.91. The second-order valence-electron chi connectivity index (χ2n) is 9.40. The van der Waals surface area contributed by atoms with E-state index in [4.69, 9.17) is 15.2 Å². The van der Waals surface area contributed by atoms with Crippen molar-refractivity contribution in [3.05, 3.63) is 87.6 Å². The number of aromatic nitrogens is 3. The number of nitrogens with two attached hydrogens (primary N) is 1. The summed E-state index contributed by atoms with van der Waals surface area (Å²) in [4.78, 5) is 33.4. The van der Waals surface area contributed by atoms with Gasteiger partial charge in [0, 0.05) is 23.8 Å². The lowest BCUT2D eigenvalue weighted by Crippen LogP contribution is -2.19. The second kappa shape index (κ2) is 10.1. The lowest BCUT2D eigenvalue weighted by molar-refractivity contribution is -0.117. The van der Waals surface area contributed by atoms with Crippen LogP contribution in [0.15, 0.2) is 59.7 Å². The van der Waals surface area contributed by atoms with E-state index in [1.165, 1.54) is 0 Å². The Hall–Kier alpha value is -4.43. The summed E-state index contributed by atoms with van der Waals surface area (Å²) >= 11 is 0. The Bertz CT molecular complexity index is 1750. The molecule has 0 radical (unpaired) electrons. The predicted molar refractivity (Wildman–Crippen MR) is 149 cm³/mol. The molecule has 5 rings (SSSR count). The van der Waals surface area contributed by atoms with Gasteiger partial charge in [0.05, 0.1) is 35.1 Å². The number of carbonyl (C=O) groups excluding carboxylic acids is 1. The predicted octanol–water partition coefficient (Wildman–Crippen LogP) is 4.51. The van der Waals surface area contributed by atoms with E-state index in [-0.39, 0.29) is 12.0 Å². The first-order valence-corrected chi connectivity index (χ1v) is 12.4. The fraction of sp³-hybridized carbons (Fsp3) is 0.233. The Morgan fingerprint density at radius 2 is 1.82 bits per heavy atom. The van der Waals surface area contributed by atoms with Crippen LogP contribution in [-0.4, -0.2) is 40.8 Å². The molecular weight excluding hydrogens is 480 g/mol. The van der Waals surface area contributed by atoms with Gasteiger partial charge >= 0.3 is 0 Å². The molecule has 0 aliphatic heterocycles. The summed E-state index contributed by atoms with van der Waals surface area (Å²) in [5.74, 6) is 0.126. The average molecular weight is 511 g/mol. The number of rotatable bonds is 8. The molecular formula is C30H30N4O4. The fourth-order valence-corrected chi connectivity index (χ4v) is 5.04. The van der Waals surface area contributed by atoms with Crippen molar-refractivity contribution < 1.29 is 14.3 Å². The van der Waals surface area contributed by atoms with Crippen LogP contribution < -0.4 is 16.0 Å². The molecule has 5 aromatic rings. The zero-order chi connectivity index (χ0) is 27.0. The second-order valence-corrected chi connectivity index (χ2v) is 9.40. The van der Waals surface area contributed by atoms with E-state index >= 15 is 0 Å². The zero-order valence-corrected chi connectivity index (χ0v) is 21.9. The van der Waals surface area contributed by atoms with Gasteiger partial charge in [0.15, 0.2) is 0 Å². The molecule has 38 heavy (non-hydrogen) atoms. The Balaban J connectivity index is 1.77. The van der Waals surface area contributed by atoms with Crippen LogP contribution in [-0.2, 0) is 16.0 Å². The molecule has 0 fully saturated rings. The van der Waals surface area contributed by atoms with Gasteiger partial charge in [0.1, 0.15) is 18.7 Å². The number of primary amides is 1. The summed E-state index contributed by atoms with van der Waals surface area (Å²) in [5.41, 5.74) is 13.3. The van der Waals surface area contributed by atoms with Crippen molar-refractivity contribution in [2.75, 3.05) is 20.3 Å². The summed E-state index contributed by atoms with van der Waals surface area (Å²) in [6.07, 6.45) is 1.61. The van der Waals surface area contributed by atoms with E-state index in [1.807, 2.05) is 63.2 Å². The Kier molecular flexibility index (Phi) is 6.73. The highest BCUT2D eigenvalue weighted by Gasteiger charge is 2.22. The minimum absolute atomic E-state index is 0.0374. The number of fused-ring (bicyclic) bond motifs is 2. The van der Waals surface area contributed by atoms with E-state index in [0.29, 0.717) is 35.4 Å². The normalized spacial score (nSPS) is 11.4. The minimum atomic E-state index is -0.443. The largest absolute Gasteiger partial charge is 0.491 e. The number of amides is 1. The van der Waals surface area contributed by atoms with Gasteiger partial charge in [-0.3, -0.25) is 14.2 Å². The third-order valence-corrected chi connectivity index (χ3v) is 7.06. The van der Waals surface area contributed by atoms with Crippen LogP contribution in [0.5, 0.6) is 5.75 Å². The summed E-state index contributed by atoms with van der Waals surface area (Å²) in [5, 5.41) is 1.55. The number of H-pyrrole nitrogens is 1. The molecule has 8 heteroatoms. The van der Waals surface area contributed by atoms with Crippen molar-refractivity contribution in [2.45, 2.75) is 27.2 Å². The first-order valence-electron chi connectivity index (χ1n) is 12.4. The maximum absolute atomic E-state index is 13.4. The van der Waals surface area contributed by atoms with E-state index in [0.717, 1.165) is 44.5 Å². The maximum atomic E-state index is 13.4. The smallest absolute Gasteiger partial charge is 0.265 e. The molecule has 194 valence electrons. The third-order valence-electron chi connectivity index (χ3n) is 7.06. The van der Waals surface area contributed by atoms with E-state index in [2.05, 4.69) is 9.97 Å². The number of benzene rings is 3. The topological polar surface area (TPSA) is 112 Å². The summed E-state index contributed by atoms with van der Waals surface area (Å²) in [7, 11) is 1.61. The summed E-state index contributed by atoms with van der Waals surface area (Å²) in [6.45, 7) is 6.77. The number of methoxy groups -OCH3 is 1. The maximum Gasteiger partial charge on any atom is 0.265 e. The molecule has 0 aliphatic rings. The highest BCUT2D eigenvalue weighted by Crippen LogP contribution is 2.41. The number of para-hydroxylation sites is 1. The summed E-state index contributed by atoms with van der Waals surface area (Å²) < 4.78 is 12.9. The monoisotopic (exact) mass is 510 g/mol. The standard InChI is InChI=1S/C30H30N4O4/c1-17-19(3)33-29-23(15-27(31)35)26(38-13-12-37-4)14-22(28(17)29)20-9-7-11-25(18(20)2)34-16-32-24-10-6-5-8-21(24)30(34)36/h5-11,14,16,33H,12-13,15H2,1-4H3,(H2,31,35). The van der Waals surface area contributed by atoms with Gasteiger partial charge in [-0.1, -0.05) is 24.3 Å². The van der Waals surface area contributed by atoms with Gasteiger partial charge in [-0.2, -0.15) is 0 Å². The van der Waals surface area contributed by atoms with E-state index in [1.54, 1.807) is 24.1 Å². The highest BCUT2D eigenvalue weighted by atomic mass is 16.5. The number of ether oxygens (including phenoxy) is 2. The van der Waals surface area contributed by atoms with Crippen molar-refractivity contribution in [1.29, 1.82) is 0 Å². The van der Waals surface area contributed by atoms with Crippen molar-refractivity contribution in [1.82, 2.24) is 14.5 Å². The van der Waals surface area contributed by atoms with Crippen LogP contribution >= 0.6 is 0 Å². The molecule has 0 atom stereocenters. The van der Waals surface area contributed by atoms with Crippen molar-refractivity contribution in [3.63, 3.8) is 0 Å². The molecule has 2 aromatic heterocycles. The number of nitrogens with zero attached hydrogens (tertiary/aromatic N) is 2. The van der Waals surface area contributed by atoms with Gasteiger partial charge in [0.2, 0.25) is 5.91 Å². The van der Waals surface area contributed by atoms with Crippen LogP contribution in [0.3, 0.4) is 0 Å². The minimum Gasteiger partial charge on any atom is -0.491 e. The van der Waals surface area contributed by atoms with E-state index < -0.39 is 5.91 Å². The summed E-state index contributed by atoms with van der Waals surface area (Å²) in [6, 6.07) is 15.2. The molecule has 8 nitrogen and oxygen atoms in total. The quantitative estimate of drug-likeness (QED) is 0.298. The van der Waals surface area contributed by atoms with Crippen LogP contribution in [0.2, 0.25) is 0 Å². The van der Waals surface area contributed by atoms with Gasteiger partial charge in [0.25, 0.3) is 5.56 Å². The van der Waals surface area contributed by atoms with Gasteiger partial charge in [-0.05, 0) is 67.3 Å².